The summed E-state index contributed by atoms with van der Waals surface area (Å²) in [6, 6.07) is 9.10. The van der Waals surface area contributed by atoms with Crippen molar-refractivity contribution >= 4 is 23.4 Å². The molecule has 1 fully saturated rings. The number of hydrogen-bond donors (Lipinski definition) is 3. The van der Waals surface area contributed by atoms with Crippen LogP contribution in [0, 0.1) is 5.92 Å². The third-order valence-electron chi connectivity index (χ3n) is 4.62. The fraction of sp³-hybridized carbons (Fsp3) is 0.474. The average molecular weight is 355 g/mol. The van der Waals surface area contributed by atoms with Crippen LogP contribution < -0.4 is 16.3 Å². The predicted octanol–water partition coefficient (Wildman–Crippen LogP) is 1.70. The van der Waals surface area contributed by atoms with Gasteiger partial charge in [0.05, 0.1) is 6.42 Å². The van der Waals surface area contributed by atoms with Gasteiger partial charge in [-0.15, -0.1) is 0 Å². The Morgan fingerprint density at radius 2 is 2.12 bits per heavy atom. The smallest absolute Gasteiger partial charge is 0.263 e. The standard InChI is InChI=1S/C19H25N5O2/c1-13-6-5-9-15(10-13)21-23-18(25)12-16-19(26)24-22-17(20-16)11-14-7-3-2-4-8-14/h2-4,7-8,13,16H,5-6,9-12H2,1H3,(H,20,22)(H,23,25)(H,24,26)/b21-15-. The minimum absolute atomic E-state index is 0.0157. The molecule has 138 valence electrons. The molecule has 3 N–H and O–H groups in total. The van der Waals surface area contributed by atoms with Gasteiger partial charge in [-0.3, -0.25) is 25.4 Å². The maximum atomic E-state index is 12.2. The van der Waals surface area contributed by atoms with Crippen molar-refractivity contribution < 1.29 is 9.59 Å². The van der Waals surface area contributed by atoms with Crippen LogP contribution in [0.1, 0.15) is 44.6 Å². The molecular formula is C19H25N5O2. The van der Waals surface area contributed by atoms with Crippen molar-refractivity contribution in [3.8, 4) is 0 Å². The summed E-state index contributed by atoms with van der Waals surface area (Å²) in [7, 11) is 0. The first kappa shape index (κ1) is 18.1. The Bertz CT molecular complexity index is 714. The molecule has 1 saturated carbocycles. The van der Waals surface area contributed by atoms with Crippen LogP contribution in [-0.2, 0) is 16.0 Å². The number of aliphatic imine (C=N–C) groups is 1. The number of hydrazine groups is 1. The number of carbonyl (C=O) groups is 2. The van der Waals surface area contributed by atoms with Gasteiger partial charge in [-0.05, 0) is 37.2 Å². The molecule has 1 aliphatic carbocycles. The summed E-state index contributed by atoms with van der Waals surface area (Å²) in [6.07, 6.45) is 4.73. The maximum absolute atomic E-state index is 12.2. The number of nitrogens with one attached hydrogen (secondary N) is 3. The predicted molar refractivity (Wildman–Crippen MR) is 100 cm³/mol. The molecule has 2 atom stereocenters. The van der Waals surface area contributed by atoms with Crippen LogP contribution in [0.2, 0.25) is 0 Å². The quantitative estimate of drug-likeness (QED) is 0.702. The summed E-state index contributed by atoms with van der Waals surface area (Å²) in [6.45, 7) is 2.19. The Morgan fingerprint density at radius 1 is 1.31 bits per heavy atom. The van der Waals surface area contributed by atoms with Gasteiger partial charge < -0.3 is 0 Å². The second-order valence-corrected chi connectivity index (χ2v) is 6.99. The second kappa shape index (κ2) is 8.60. The molecule has 1 heterocycles. The zero-order valence-corrected chi connectivity index (χ0v) is 15.0. The highest BCUT2D eigenvalue weighted by molar-refractivity contribution is 5.97. The van der Waals surface area contributed by atoms with Crippen molar-refractivity contribution in [1.29, 1.82) is 0 Å². The molecule has 7 heteroatoms. The van der Waals surface area contributed by atoms with Gasteiger partial charge in [-0.1, -0.05) is 37.3 Å². The average Bonchev–Trinajstić information content (AvgIpc) is 2.64. The van der Waals surface area contributed by atoms with Crippen LogP contribution in [0.4, 0.5) is 0 Å². The second-order valence-electron chi connectivity index (χ2n) is 6.99. The zero-order valence-electron chi connectivity index (χ0n) is 15.0. The van der Waals surface area contributed by atoms with Crippen LogP contribution in [0.5, 0.6) is 0 Å². The molecule has 0 saturated heterocycles. The number of amides is 2. The first-order chi connectivity index (χ1) is 12.6. The van der Waals surface area contributed by atoms with Crippen molar-refractivity contribution in [3.63, 3.8) is 0 Å². The number of amidine groups is 1. The van der Waals surface area contributed by atoms with E-state index in [1.165, 1.54) is 6.42 Å². The molecule has 2 unspecified atom stereocenters. The monoisotopic (exact) mass is 355 g/mol. The number of hydrogen-bond acceptors (Lipinski definition) is 5. The first-order valence-electron chi connectivity index (χ1n) is 9.11. The Balaban J connectivity index is 1.56. The van der Waals surface area contributed by atoms with Crippen molar-refractivity contribution in [1.82, 2.24) is 16.3 Å². The van der Waals surface area contributed by atoms with E-state index in [1.54, 1.807) is 0 Å². The minimum Gasteiger partial charge on any atom is -0.285 e. The van der Waals surface area contributed by atoms with Crippen LogP contribution in [0.3, 0.4) is 0 Å². The normalized spacial score (nSPS) is 24.4. The van der Waals surface area contributed by atoms with Gasteiger partial charge in [-0.25, -0.2) is 5.43 Å². The van der Waals surface area contributed by atoms with Crippen molar-refractivity contribution in [3.05, 3.63) is 35.9 Å². The van der Waals surface area contributed by atoms with Crippen LogP contribution in [-0.4, -0.2) is 29.4 Å². The maximum Gasteiger partial charge on any atom is 0.263 e. The van der Waals surface area contributed by atoms with E-state index in [2.05, 4.69) is 33.3 Å². The molecule has 0 bridgehead atoms. The van der Waals surface area contributed by atoms with Gasteiger partial charge in [0, 0.05) is 12.1 Å². The fourth-order valence-corrected chi connectivity index (χ4v) is 3.24. The highest BCUT2D eigenvalue weighted by Crippen LogP contribution is 2.20. The van der Waals surface area contributed by atoms with Crippen LogP contribution in [0.15, 0.2) is 40.4 Å². The Hall–Kier alpha value is -2.70. The summed E-state index contributed by atoms with van der Waals surface area (Å²) in [5.74, 6) is 0.650. The van der Waals surface area contributed by atoms with Gasteiger partial charge >= 0.3 is 0 Å². The van der Waals surface area contributed by atoms with Gasteiger partial charge in [0.1, 0.15) is 11.9 Å². The zero-order chi connectivity index (χ0) is 18.4. The molecule has 2 amide bonds. The van der Waals surface area contributed by atoms with E-state index in [9.17, 15) is 9.59 Å². The minimum atomic E-state index is -0.736. The van der Waals surface area contributed by atoms with Gasteiger partial charge in [0.2, 0.25) is 5.91 Å². The van der Waals surface area contributed by atoms with E-state index < -0.39 is 6.04 Å². The molecule has 1 aliphatic heterocycles. The highest BCUT2D eigenvalue weighted by atomic mass is 16.2. The summed E-state index contributed by atoms with van der Waals surface area (Å²) >= 11 is 0. The molecule has 3 rings (SSSR count). The lowest BCUT2D eigenvalue weighted by atomic mass is 9.89. The Labute approximate surface area is 153 Å². The lowest BCUT2D eigenvalue weighted by Gasteiger charge is -2.22. The van der Waals surface area contributed by atoms with Crippen molar-refractivity contribution in [2.45, 2.75) is 51.5 Å². The largest absolute Gasteiger partial charge is 0.285 e. The number of hydrazone groups is 1. The van der Waals surface area contributed by atoms with E-state index >= 15 is 0 Å². The molecule has 7 nitrogen and oxygen atoms in total. The topological polar surface area (TPSA) is 94.9 Å². The number of rotatable bonds is 5. The molecule has 26 heavy (non-hydrogen) atoms. The Kier molecular flexibility index (Phi) is 5.99. The molecular weight excluding hydrogens is 330 g/mol. The molecule has 1 aromatic carbocycles. The third kappa shape index (κ3) is 5.15. The lowest BCUT2D eigenvalue weighted by Crippen LogP contribution is -2.52. The molecule has 0 spiro atoms. The number of benzene rings is 1. The highest BCUT2D eigenvalue weighted by Gasteiger charge is 2.26. The third-order valence-corrected chi connectivity index (χ3v) is 4.62. The van der Waals surface area contributed by atoms with Gasteiger partial charge in [0.25, 0.3) is 5.91 Å². The van der Waals surface area contributed by atoms with E-state index in [4.69, 9.17) is 0 Å². The number of nitrogens with zero attached hydrogens (tertiary/aromatic N) is 2. The van der Waals surface area contributed by atoms with E-state index in [0.29, 0.717) is 18.2 Å². The summed E-state index contributed by atoms with van der Waals surface area (Å²) < 4.78 is 0. The van der Waals surface area contributed by atoms with Gasteiger partial charge in [0.15, 0.2) is 0 Å². The molecule has 0 aromatic heterocycles. The molecule has 0 radical (unpaired) electrons. The summed E-state index contributed by atoms with van der Waals surface area (Å²) in [5.41, 5.74) is 10.1. The van der Waals surface area contributed by atoms with Crippen LogP contribution >= 0.6 is 0 Å². The van der Waals surface area contributed by atoms with Crippen molar-refractivity contribution in [2.75, 3.05) is 0 Å². The van der Waals surface area contributed by atoms with E-state index in [0.717, 1.165) is 30.5 Å². The van der Waals surface area contributed by atoms with E-state index in [1.807, 2.05) is 30.3 Å². The lowest BCUT2D eigenvalue weighted by molar-refractivity contribution is -0.128. The SMILES string of the molecule is CC1CCC/C(=N/NC(=O)CC2N=C(Cc3ccccc3)NNC2=O)C1. The Morgan fingerprint density at radius 3 is 2.88 bits per heavy atom. The van der Waals surface area contributed by atoms with Crippen LogP contribution in [0.25, 0.3) is 0 Å². The first-order valence-corrected chi connectivity index (χ1v) is 9.11. The number of carbonyl (C=O) groups excluding carboxylic acids is 2. The fourth-order valence-electron chi connectivity index (χ4n) is 3.24. The molecule has 2 aliphatic rings. The van der Waals surface area contributed by atoms with E-state index in [-0.39, 0.29) is 18.2 Å². The van der Waals surface area contributed by atoms with Gasteiger partial charge in [-0.2, -0.15) is 5.10 Å². The summed E-state index contributed by atoms with van der Waals surface area (Å²) in [4.78, 5) is 28.5. The van der Waals surface area contributed by atoms with Crippen molar-refractivity contribution in [2.24, 2.45) is 16.0 Å². The molecule has 1 aromatic rings. The summed E-state index contributed by atoms with van der Waals surface area (Å²) in [5, 5.41) is 4.23.